The molecule has 2 aliphatic rings. The quantitative estimate of drug-likeness (QED) is 0.639. The van der Waals surface area contributed by atoms with E-state index in [1.165, 1.54) is 36.7 Å². The molecule has 1 atom stereocenters. The Hall–Kier alpha value is -2.35. The Morgan fingerprint density at radius 1 is 1.37 bits per heavy atom. The molecule has 0 radical (unpaired) electrons. The monoisotopic (exact) mass is 430 g/mol. The first kappa shape index (κ1) is 20.9. The van der Waals surface area contributed by atoms with Gasteiger partial charge in [-0.2, -0.15) is 16.9 Å². The van der Waals surface area contributed by atoms with Gasteiger partial charge in [-0.1, -0.05) is 25.0 Å². The van der Waals surface area contributed by atoms with Crippen molar-refractivity contribution in [2.45, 2.75) is 51.1 Å². The highest BCUT2D eigenvalue weighted by molar-refractivity contribution is 7.99. The third kappa shape index (κ3) is 5.03. The van der Waals surface area contributed by atoms with Gasteiger partial charge in [0.15, 0.2) is 0 Å². The van der Waals surface area contributed by atoms with Crippen molar-refractivity contribution >= 4 is 29.4 Å². The molecule has 1 aromatic carbocycles. The number of rotatable bonds is 9. The van der Waals surface area contributed by atoms with Crippen LogP contribution in [-0.4, -0.2) is 39.6 Å². The number of nitrogens with one attached hydrogen (secondary N) is 2. The Morgan fingerprint density at radius 2 is 2.20 bits per heavy atom. The summed E-state index contributed by atoms with van der Waals surface area (Å²) in [5, 5.41) is 10.7. The number of hydrogen-bond acceptors (Lipinski definition) is 4. The SMILES string of the molecule is CSCC(=O)Nc1c2c(nn1CCC1CC1)C[C@H](CCc1cccc(F)c1)NC2=O. The zero-order chi connectivity index (χ0) is 21.1. The summed E-state index contributed by atoms with van der Waals surface area (Å²) in [5.41, 5.74) is 2.13. The van der Waals surface area contributed by atoms with Crippen molar-refractivity contribution in [3.63, 3.8) is 0 Å². The van der Waals surface area contributed by atoms with Crippen LogP contribution in [-0.2, 0) is 24.2 Å². The van der Waals surface area contributed by atoms with Crippen LogP contribution in [0.3, 0.4) is 0 Å². The number of carbonyl (C=O) groups excluding carboxylic acids is 2. The molecule has 1 saturated carbocycles. The molecule has 0 bridgehead atoms. The van der Waals surface area contributed by atoms with Gasteiger partial charge < -0.3 is 10.6 Å². The van der Waals surface area contributed by atoms with Gasteiger partial charge in [-0.15, -0.1) is 0 Å². The number of fused-ring (bicyclic) bond motifs is 1. The zero-order valence-electron chi connectivity index (χ0n) is 17.1. The van der Waals surface area contributed by atoms with E-state index in [0.29, 0.717) is 42.9 Å². The molecule has 1 aromatic heterocycles. The molecule has 8 heteroatoms. The number of aromatic nitrogens is 2. The van der Waals surface area contributed by atoms with Gasteiger partial charge in [-0.05, 0) is 49.1 Å². The number of halogens is 1. The minimum atomic E-state index is -0.248. The average molecular weight is 431 g/mol. The second kappa shape index (κ2) is 9.20. The molecule has 2 N–H and O–H groups in total. The van der Waals surface area contributed by atoms with Gasteiger partial charge in [0.1, 0.15) is 17.2 Å². The largest absolute Gasteiger partial charge is 0.349 e. The van der Waals surface area contributed by atoms with E-state index in [2.05, 4.69) is 10.6 Å². The van der Waals surface area contributed by atoms with E-state index < -0.39 is 0 Å². The predicted molar refractivity (Wildman–Crippen MR) is 116 cm³/mol. The van der Waals surface area contributed by atoms with Crippen molar-refractivity contribution in [1.82, 2.24) is 15.1 Å². The fraction of sp³-hybridized carbons (Fsp3) is 0.500. The summed E-state index contributed by atoms with van der Waals surface area (Å²) in [6, 6.07) is 6.49. The molecular weight excluding hydrogens is 403 g/mol. The summed E-state index contributed by atoms with van der Waals surface area (Å²) < 4.78 is 15.2. The maximum absolute atomic E-state index is 13.4. The summed E-state index contributed by atoms with van der Waals surface area (Å²) in [4.78, 5) is 25.1. The van der Waals surface area contributed by atoms with Crippen LogP contribution in [0.2, 0.25) is 0 Å². The summed E-state index contributed by atoms with van der Waals surface area (Å²) in [6.07, 6.45) is 7.37. The number of benzene rings is 1. The van der Waals surface area contributed by atoms with E-state index in [9.17, 15) is 14.0 Å². The molecule has 6 nitrogen and oxygen atoms in total. The second-order valence-electron chi connectivity index (χ2n) is 8.15. The Kier molecular flexibility index (Phi) is 6.41. The van der Waals surface area contributed by atoms with Crippen LogP contribution >= 0.6 is 11.8 Å². The Labute approximate surface area is 180 Å². The van der Waals surface area contributed by atoms with Gasteiger partial charge in [0.25, 0.3) is 5.91 Å². The standard InChI is InChI=1S/C22H27FN4O2S/c1-30-13-19(28)25-21-20-18(26-27(21)10-9-14-5-6-14)12-17(24-22(20)29)8-7-15-3-2-4-16(23)11-15/h2-4,11,14,17H,5-10,12-13H2,1H3,(H,24,29)(H,25,28)/t17-/m0/s1. The van der Waals surface area contributed by atoms with E-state index in [1.54, 1.807) is 10.7 Å². The lowest BCUT2D eigenvalue weighted by Crippen LogP contribution is -2.41. The van der Waals surface area contributed by atoms with E-state index >= 15 is 0 Å². The highest BCUT2D eigenvalue weighted by Crippen LogP contribution is 2.34. The average Bonchev–Trinajstić information content (AvgIpc) is 3.47. The van der Waals surface area contributed by atoms with Crippen molar-refractivity contribution in [1.29, 1.82) is 0 Å². The number of carbonyl (C=O) groups is 2. The Balaban J connectivity index is 1.50. The van der Waals surface area contributed by atoms with Crippen LogP contribution in [0.4, 0.5) is 10.2 Å². The summed E-state index contributed by atoms with van der Waals surface area (Å²) in [5.74, 6) is 1.01. The molecule has 2 aromatic rings. The molecule has 1 fully saturated rings. The first-order chi connectivity index (χ1) is 14.5. The third-order valence-electron chi connectivity index (χ3n) is 5.68. The van der Waals surface area contributed by atoms with Crippen molar-refractivity contribution in [2.24, 2.45) is 5.92 Å². The summed E-state index contributed by atoms with van der Waals surface area (Å²) in [6.45, 7) is 0.702. The van der Waals surface area contributed by atoms with Gasteiger partial charge in [0.2, 0.25) is 5.91 Å². The molecule has 2 heterocycles. The smallest absolute Gasteiger partial charge is 0.257 e. The Morgan fingerprint density at radius 3 is 2.93 bits per heavy atom. The zero-order valence-corrected chi connectivity index (χ0v) is 17.9. The highest BCUT2D eigenvalue weighted by atomic mass is 32.2. The van der Waals surface area contributed by atoms with Crippen molar-refractivity contribution in [2.75, 3.05) is 17.3 Å². The van der Waals surface area contributed by atoms with Crippen LogP contribution in [0.1, 0.15) is 47.3 Å². The molecule has 4 rings (SSSR count). The molecular formula is C22H27FN4O2S. The van der Waals surface area contributed by atoms with E-state index in [-0.39, 0.29) is 23.7 Å². The van der Waals surface area contributed by atoms with Gasteiger partial charge in [-0.3, -0.25) is 9.59 Å². The lowest BCUT2D eigenvalue weighted by Gasteiger charge is -2.23. The number of aryl methyl sites for hydroxylation is 2. The van der Waals surface area contributed by atoms with Crippen molar-refractivity contribution < 1.29 is 14.0 Å². The van der Waals surface area contributed by atoms with Crippen LogP contribution in [0.25, 0.3) is 0 Å². The van der Waals surface area contributed by atoms with E-state index in [0.717, 1.165) is 23.6 Å². The fourth-order valence-electron chi connectivity index (χ4n) is 3.94. The van der Waals surface area contributed by atoms with Crippen molar-refractivity contribution in [3.8, 4) is 0 Å². The highest BCUT2D eigenvalue weighted by Gasteiger charge is 2.32. The van der Waals surface area contributed by atoms with Crippen LogP contribution in [0.15, 0.2) is 24.3 Å². The lowest BCUT2D eigenvalue weighted by atomic mass is 9.96. The molecule has 160 valence electrons. The number of amides is 2. The normalized spacial score (nSPS) is 18.1. The Bertz CT molecular complexity index is 941. The molecule has 0 spiro atoms. The first-order valence-corrected chi connectivity index (χ1v) is 11.9. The number of anilines is 1. The molecule has 0 saturated heterocycles. The van der Waals surface area contributed by atoms with E-state index in [4.69, 9.17) is 5.10 Å². The van der Waals surface area contributed by atoms with Crippen LogP contribution in [0, 0.1) is 11.7 Å². The molecule has 1 aliphatic heterocycles. The summed E-state index contributed by atoms with van der Waals surface area (Å²) in [7, 11) is 0. The van der Waals surface area contributed by atoms with Gasteiger partial charge in [-0.25, -0.2) is 9.07 Å². The van der Waals surface area contributed by atoms with Crippen LogP contribution < -0.4 is 10.6 Å². The minimum absolute atomic E-state index is 0.0604. The molecule has 1 aliphatic carbocycles. The maximum Gasteiger partial charge on any atom is 0.257 e. The second-order valence-corrected chi connectivity index (χ2v) is 9.02. The van der Waals surface area contributed by atoms with Gasteiger partial charge >= 0.3 is 0 Å². The predicted octanol–water partition coefficient (Wildman–Crippen LogP) is 3.41. The lowest BCUT2D eigenvalue weighted by molar-refractivity contribution is -0.113. The summed E-state index contributed by atoms with van der Waals surface area (Å²) >= 11 is 1.44. The van der Waals surface area contributed by atoms with E-state index in [1.807, 2.05) is 12.3 Å². The topological polar surface area (TPSA) is 76.0 Å². The maximum atomic E-state index is 13.4. The molecule has 30 heavy (non-hydrogen) atoms. The molecule has 2 amide bonds. The minimum Gasteiger partial charge on any atom is -0.349 e. The van der Waals surface area contributed by atoms with Crippen molar-refractivity contribution in [3.05, 3.63) is 46.9 Å². The number of hydrogen-bond donors (Lipinski definition) is 2. The fourth-order valence-corrected chi connectivity index (χ4v) is 4.28. The first-order valence-electron chi connectivity index (χ1n) is 10.5. The van der Waals surface area contributed by atoms with Gasteiger partial charge in [0.05, 0.1) is 11.4 Å². The van der Waals surface area contributed by atoms with Crippen LogP contribution in [0.5, 0.6) is 0 Å². The number of thioether (sulfide) groups is 1. The third-order valence-corrected chi connectivity index (χ3v) is 6.23. The molecule has 0 unspecified atom stereocenters. The number of nitrogens with zero attached hydrogens (tertiary/aromatic N) is 2. The van der Waals surface area contributed by atoms with Gasteiger partial charge in [0, 0.05) is 19.0 Å².